The number of hydrogen-bond donors (Lipinski definition) is 1. The third kappa shape index (κ3) is 2.05. The van der Waals surface area contributed by atoms with Crippen molar-refractivity contribution in [2.45, 2.75) is 13.8 Å². The van der Waals surface area contributed by atoms with Gasteiger partial charge in [-0.05, 0) is 31.5 Å². The first-order valence-electron chi connectivity index (χ1n) is 4.20. The van der Waals surface area contributed by atoms with Gasteiger partial charge >= 0.3 is 0 Å². The van der Waals surface area contributed by atoms with Gasteiger partial charge in [0.05, 0.1) is 0 Å². The lowest BCUT2D eigenvalue weighted by atomic mass is 10.1. The molecule has 0 fully saturated rings. The molecule has 1 N–H and O–H groups in total. The van der Waals surface area contributed by atoms with Crippen molar-refractivity contribution < 1.29 is 9.18 Å². The van der Waals surface area contributed by atoms with Crippen LogP contribution in [-0.4, -0.2) is 12.5 Å². The van der Waals surface area contributed by atoms with E-state index in [0.29, 0.717) is 17.7 Å². The van der Waals surface area contributed by atoms with Crippen LogP contribution < -0.4 is 5.32 Å². The summed E-state index contributed by atoms with van der Waals surface area (Å²) in [5, 5.41) is 2.62. The summed E-state index contributed by atoms with van der Waals surface area (Å²) >= 11 is 0. The monoisotopic (exact) mass is 181 g/mol. The van der Waals surface area contributed by atoms with Crippen LogP contribution in [0.25, 0.3) is 0 Å². The second kappa shape index (κ2) is 4.03. The highest BCUT2D eigenvalue weighted by atomic mass is 19.1. The van der Waals surface area contributed by atoms with Gasteiger partial charge in [0, 0.05) is 12.1 Å². The molecule has 1 aromatic carbocycles. The van der Waals surface area contributed by atoms with Crippen LogP contribution in [0.3, 0.4) is 0 Å². The first-order chi connectivity index (χ1) is 6.16. The van der Waals surface area contributed by atoms with Crippen LogP contribution in [0.1, 0.15) is 22.8 Å². The summed E-state index contributed by atoms with van der Waals surface area (Å²) in [4.78, 5) is 11.3. The summed E-state index contributed by atoms with van der Waals surface area (Å²) in [5.41, 5.74) is 0.801. The van der Waals surface area contributed by atoms with Gasteiger partial charge in [-0.1, -0.05) is 6.07 Å². The molecule has 0 spiro atoms. The number of rotatable bonds is 2. The van der Waals surface area contributed by atoms with Crippen LogP contribution in [-0.2, 0) is 0 Å². The molecule has 3 heteroatoms. The van der Waals surface area contributed by atoms with Gasteiger partial charge in [0.1, 0.15) is 5.82 Å². The van der Waals surface area contributed by atoms with E-state index in [1.807, 2.05) is 6.92 Å². The predicted molar refractivity (Wildman–Crippen MR) is 49.1 cm³/mol. The molecular formula is C10H12FNO. The van der Waals surface area contributed by atoms with Crippen molar-refractivity contribution in [1.29, 1.82) is 0 Å². The second-order valence-corrected chi connectivity index (χ2v) is 2.77. The zero-order chi connectivity index (χ0) is 9.84. The average Bonchev–Trinajstić information content (AvgIpc) is 2.10. The summed E-state index contributed by atoms with van der Waals surface area (Å²) in [6.45, 7) is 3.97. The summed E-state index contributed by atoms with van der Waals surface area (Å²) in [6.07, 6.45) is 0. The fraction of sp³-hybridized carbons (Fsp3) is 0.300. The zero-order valence-corrected chi connectivity index (χ0v) is 7.73. The molecule has 0 bridgehead atoms. The average molecular weight is 181 g/mol. The molecule has 0 unspecified atom stereocenters. The molecule has 13 heavy (non-hydrogen) atoms. The highest BCUT2D eigenvalue weighted by Gasteiger charge is 2.09. The molecule has 70 valence electrons. The maximum atomic E-state index is 13.0. The van der Waals surface area contributed by atoms with Gasteiger partial charge in [-0.3, -0.25) is 4.79 Å². The van der Waals surface area contributed by atoms with Crippen LogP contribution in [0, 0.1) is 12.7 Å². The fourth-order valence-corrected chi connectivity index (χ4v) is 1.11. The van der Waals surface area contributed by atoms with Crippen molar-refractivity contribution in [3.63, 3.8) is 0 Å². The first kappa shape index (κ1) is 9.71. The van der Waals surface area contributed by atoms with E-state index in [2.05, 4.69) is 5.32 Å². The number of carbonyl (C=O) groups is 1. The molecule has 2 nitrogen and oxygen atoms in total. The molecule has 1 aromatic rings. The van der Waals surface area contributed by atoms with Crippen LogP contribution in [0.15, 0.2) is 18.2 Å². The minimum atomic E-state index is -0.344. The molecule has 0 aromatic heterocycles. The highest BCUT2D eigenvalue weighted by Crippen LogP contribution is 2.11. The smallest absolute Gasteiger partial charge is 0.251 e. The van der Waals surface area contributed by atoms with Crippen LogP contribution in [0.2, 0.25) is 0 Å². The lowest BCUT2D eigenvalue weighted by Gasteiger charge is -2.05. The van der Waals surface area contributed by atoms with E-state index in [1.165, 1.54) is 12.1 Å². The lowest BCUT2D eigenvalue weighted by molar-refractivity contribution is 0.0954. The Bertz CT molecular complexity index is 323. The number of nitrogens with one attached hydrogen (secondary N) is 1. The Hall–Kier alpha value is -1.38. The molecule has 0 saturated carbocycles. The maximum Gasteiger partial charge on any atom is 0.251 e. The molecule has 0 radical (unpaired) electrons. The summed E-state index contributed by atoms with van der Waals surface area (Å²) in [6, 6.07) is 4.49. The number of amides is 1. The Morgan fingerprint density at radius 1 is 1.54 bits per heavy atom. The quantitative estimate of drug-likeness (QED) is 0.741. The topological polar surface area (TPSA) is 29.1 Å². The van der Waals surface area contributed by atoms with Gasteiger partial charge in [-0.15, -0.1) is 0 Å². The molecule has 0 atom stereocenters. The third-order valence-electron chi connectivity index (χ3n) is 1.85. The maximum absolute atomic E-state index is 13.0. The Labute approximate surface area is 76.8 Å². The number of carbonyl (C=O) groups excluding carboxylic acids is 1. The summed E-state index contributed by atoms with van der Waals surface area (Å²) < 4.78 is 13.0. The van der Waals surface area contributed by atoms with Crippen LogP contribution >= 0.6 is 0 Å². The highest BCUT2D eigenvalue weighted by molar-refractivity contribution is 5.95. The minimum absolute atomic E-state index is 0.223. The normalized spacial score (nSPS) is 9.77. The van der Waals surface area contributed by atoms with Gasteiger partial charge in [0.25, 0.3) is 5.91 Å². The third-order valence-corrected chi connectivity index (χ3v) is 1.85. The first-order valence-corrected chi connectivity index (χ1v) is 4.20. The van der Waals surface area contributed by atoms with E-state index in [4.69, 9.17) is 0 Å². The molecule has 0 aliphatic carbocycles. The van der Waals surface area contributed by atoms with Crippen LogP contribution in [0.4, 0.5) is 4.39 Å². The Balaban J connectivity index is 3.01. The molecule has 0 heterocycles. The predicted octanol–water partition coefficient (Wildman–Crippen LogP) is 1.88. The molecule has 1 amide bonds. The van der Waals surface area contributed by atoms with E-state index >= 15 is 0 Å². The van der Waals surface area contributed by atoms with Crippen molar-refractivity contribution >= 4 is 5.91 Å². The summed E-state index contributed by atoms with van der Waals surface area (Å²) in [7, 11) is 0. The second-order valence-electron chi connectivity index (χ2n) is 2.77. The SMILES string of the molecule is CCNC(=O)c1cccc(F)c1C. The molecular weight excluding hydrogens is 169 g/mol. The van der Waals surface area contributed by atoms with Crippen molar-refractivity contribution in [2.75, 3.05) is 6.54 Å². The number of benzene rings is 1. The minimum Gasteiger partial charge on any atom is -0.352 e. The molecule has 0 saturated heterocycles. The lowest BCUT2D eigenvalue weighted by Crippen LogP contribution is -2.23. The Kier molecular flexibility index (Phi) is 3.01. The number of hydrogen-bond acceptors (Lipinski definition) is 1. The van der Waals surface area contributed by atoms with Crippen LogP contribution in [0.5, 0.6) is 0 Å². The van der Waals surface area contributed by atoms with Crippen molar-refractivity contribution in [1.82, 2.24) is 5.32 Å². The van der Waals surface area contributed by atoms with E-state index < -0.39 is 0 Å². The van der Waals surface area contributed by atoms with Crippen molar-refractivity contribution in [3.05, 3.63) is 35.1 Å². The van der Waals surface area contributed by atoms with Gasteiger partial charge in [0.2, 0.25) is 0 Å². The van der Waals surface area contributed by atoms with E-state index in [9.17, 15) is 9.18 Å². The zero-order valence-electron chi connectivity index (χ0n) is 7.73. The van der Waals surface area contributed by atoms with Crippen molar-refractivity contribution in [2.24, 2.45) is 0 Å². The molecule has 0 aliphatic rings. The Morgan fingerprint density at radius 2 is 2.23 bits per heavy atom. The Morgan fingerprint density at radius 3 is 2.85 bits per heavy atom. The van der Waals surface area contributed by atoms with Gasteiger partial charge in [-0.25, -0.2) is 4.39 Å². The van der Waals surface area contributed by atoms with E-state index in [1.54, 1.807) is 13.0 Å². The van der Waals surface area contributed by atoms with Gasteiger partial charge in [0.15, 0.2) is 0 Å². The molecule has 0 aliphatic heterocycles. The largest absolute Gasteiger partial charge is 0.352 e. The summed E-state index contributed by atoms with van der Waals surface area (Å²) in [5.74, 6) is -0.566. The van der Waals surface area contributed by atoms with E-state index in [-0.39, 0.29) is 11.7 Å². The molecule has 1 rings (SSSR count). The van der Waals surface area contributed by atoms with Gasteiger partial charge in [-0.2, -0.15) is 0 Å². The number of halogens is 1. The fourth-order valence-electron chi connectivity index (χ4n) is 1.11. The standard InChI is InChI=1S/C10H12FNO/c1-3-12-10(13)8-5-4-6-9(11)7(8)2/h4-6H,3H2,1-2H3,(H,12,13). The van der Waals surface area contributed by atoms with Crippen molar-refractivity contribution in [3.8, 4) is 0 Å². The van der Waals surface area contributed by atoms with Gasteiger partial charge < -0.3 is 5.32 Å². The van der Waals surface area contributed by atoms with E-state index in [0.717, 1.165) is 0 Å².